The van der Waals surface area contributed by atoms with E-state index in [1.807, 2.05) is 0 Å². The van der Waals surface area contributed by atoms with Crippen molar-refractivity contribution < 1.29 is 18.3 Å². The molecule has 0 aliphatic heterocycles. The lowest BCUT2D eigenvalue weighted by atomic mass is 10.2. The highest BCUT2D eigenvalue weighted by Crippen LogP contribution is 2.14. The Hall–Kier alpha value is -0.840. The molecule has 0 radical (unpaired) electrons. The third-order valence-corrected chi connectivity index (χ3v) is 2.18. The summed E-state index contributed by atoms with van der Waals surface area (Å²) >= 11 is 3.08. The third kappa shape index (κ3) is 4.46. The fourth-order valence-corrected chi connectivity index (χ4v) is 1.33. The predicted molar refractivity (Wildman–Crippen MR) is 56.5 cm³/mol. The third-order valence-electron chi connectivity index (χ3n) is 1.75. The highest BCUT2D eigenvalue weighted by molar-refractivity contribution is 9.10. The number of carbonyl (C=O) groups is 1. The van der Waals surface area contributed by atoms with Crippen molar-refractivity contribution in [2.45, 2.75) is 25.9 Å². The number of hydrogen-bond acceptors (Lipinski definition) is 3. The molecule has 3 nitrogen and oxygen atoms in total. The van der Waals surface area contributed by atoms with Crippen LogP contribution in [0.25, 0.3) is 0 Å². The average molecular weight is 279 g/mol. The molecule has 0 saturated heterocycles. The van der Waals surface area contributed by atoms with Gasteiger partial charge in [0.05, 0.1) is 12.8 Å². The first-order valence-corrected chi connectivity index (χ1v) is 5.45. The van der Waals surface area contributed by atoms with E-state index in [0.29, 0.717) is 17.5 Å². The van der Waals surface area contributed by atoms with Gasteiger partial charge in [-0.2, -0.15) is 0 Å². The largest absolute Gasteiger partial charge is 0.460 e. The Kier molecular flexibility index (Phi) is 4.81. The number of rotatable bonds is 5. The molecule has 1 aromatic rings. The molecular formula is C10H12BrFO3. The molecule has 1 heterocycles. The molecule has 5 heteroatoms. The summed E-state index contributed by atoms with van der Waals surface area (Å²) in [7, 11) is 0. The van der Waals surface area contributed by atoms with Crippen LogP contribution in [0.5, 0.6) is 0 Å². The van der Waals surface area contributed by atoms with Crippen LogP contribution in [0, 0.1) is 0 Å². The lowest BCUT2D eigenvalue weighted by molar-refractivity contribution is 0.0454. The first-order chi connectivity index (χ1) is 7.09. The molecular weight excluding hydrogens is 267 g/mol. The van der Waals surface area contributed by atoms with E-state index in [9.17, 15) is 9.18 Å². The first-order valence-electron chi connectivity index (χ1n) is 4.66. The maximum Gasteiger partial charge on any atom is 0.374 e. The van der Waals surface area contributed by atoms with Gasteiger partial charge in [0, 0.05) is 0 Å². The molecule has 0 unspecified atom stereocenters. The number of esters is 1. The van der Waals surface area contributed by atoms with Gasteiger partial charge >= 0.3 is 5.97 Å². The summed E-state index contributed by atoms with van der Waals surface area (Å²) in [6.07, 6.45) is 0.0573. The molecule has 0 fully saturated rings. The second-order valence-electron chi connectivity index (χ2n) is 3.16. The van der Waals surface area contributed by atoms with Gasteiger partial charge in [0.2, 0.25) is 5.76 Å². The number of carbonyl (C=O) groups excluding carboxylic acids is 1. The lowest BCUT2D eigenvalue weighted by Gasteiger charge is -2.03. The van der Waals surface area contributed by atoms with E-state index >= 15 is 0 Å². The molecule has 0 aliphatic carbocycles. The van der Waals surface area contributed by atoms with E-state index in [0.717, 1.165) is 0 Å². The number of furan rings is 1. The minimum Gasteiger partial charge on any atom is -0.460 e. The summed E-state index contributed by atoms with van der Waals surface area (Å²) in [5.41, 5.74) is 0. The van der Waals surface area contributed by atoms with E-state index in [4.69, 9.17) is 9.15 Å². The van der Waals surface area contributed by atoms with Crippen molar-refractivity contribution in [2.24, 2.45) is 0 Å². The Balaban J connectivity index is 2.25. The van der Waals surface area contributed by atoms with Crippen molar-refractivity contribution >= 4 is 21.9 Å². The highest BCUT2D eigenvalue weighted by Gasteiger charge is 2.11. The smallest absolute Gasteiger partial charge is 0.374 e. The Morgan fingerprint density at radius 3 is 2.93 bits per heavy atom. The summed E-state index contributed by atoms with van der Waals surface area (Å²) in [6, 6.07) is 3.13. The number of halogens is 2. The highest BCUT2D eigenvalue weighted by atomic mass is 79.9. The van der Waals surface area contributed by atoms with Crippen molar-refractivity contribution in [3.05, 3.63) is 22.6 Å². The van der Waals surface area contributed by atoms with Crippen LogP contribution in [0.4, 0.5) is 4.39 Å². The fourth-order valence-electron chi connectivity index (χ4n) is 1.02. The Labute approximate surface area is 95.7 Å². The molecule has 1 atom stereocenters. The summed E-state index contributed by atoms with van der Waals surface area (Å²) in [6.45, 7) is 1.69. The molecule has 0 amide bonds. The molecule has 15 heavy (non-hydrogen) atoms. The molecule has 1 aromatic heterocycles. The van der Waals surface area contributed by atoms with Gasteiger partial charge in [0.25, 0.3) is 0 Å². The van der Waals surface area contributed by atoms with Gasteiger partial charge < -0.3 is 9.15 Å². The van der Waals surface area contributed by atoms with Crippen LogP contribution in [-0.2, 0) is 4.74 Å². The molecule has 84 valence electrons. The summed E-state index contributed by atoms with van der Waals surface area (Å²) in [5.74, 6) is -0.373. The topological polar surface area (TPSA) is 39.4 Å². The minimum atomic E-state index is -0.860. The summed E-state index contributed by atoms with van der Waals surface area (Å²) < 4.78 is 22.7. The molecule has 0 aromatic carbocycles. The maximum atomic E-state index is 12.4. The van der Waals surface area contributed by atoms with Crippen LogP contribution in [0.1, 0.15) is 30.3 Å². The zero-order chi connectivity index (χ0) is 11.3. The quantitative estimate of drug-likeness (QED) is 0.613. The molecule has 0 bridgehead atoms. The molecule has 0 aliphatic rings. The molecule has 0 spiro atoms. The number of alkyl halides is 1. The second kappa shape index (κ2) is 5.90. The standard InChI is InChI=1S/C10H12BrFO3/c1-7(12)3-2-6-14-10(13)8-4-5-9(11)15-8/h4-5,7H,2-3,6H2,1H3/t7-/m1/s1. The first kappa shape index (κ1) is 12.2. The summed E-state index contributed by atoms with van der Waals surface area (Å²) in [5, 5.41) is 0. The van der Waals surface area contributed by atoms with Gasteiger partial charge in [-0.1, -0.05) is 0 Å². The van der Waals surface area contributed by atoms with Gasteiger partial charge in [0.15, 0.2) is 4.67 Å². The zero-order valence-electron chi connectivity index (χ0n) is 8.33. The van der Waals surface area contributed by atoms with Crippen molar-refractivity contribution in [2.75, 3.05) is 6.61 Å². The van der Waals surface area contributed by atoms with E-state index in [2.05, 4.69) is 15.9 Å². The zero-order valence-corrected chi connectivity index (χ0v) is 9.92. The Bertz CT molecular complexity index is 322. The van der Waals surface area contributed by atoms with Crippen LogP contribution in [0.15, 0.2) is 21.2 Å². The van der Waals surface area contributed by atoms with Gasteiger partial charge in [-0.15, -0.1) is 0 Å². The van der Waals surface area contributed by atoms with E-state index in [1.54, 1.807) is 6.07 Å². The van der Waals surface area contributed by atoms with Gasteiger partial charge in [-0.25, -0.2) is 9.18 Å². The predicted octanol–water partition coefficient (Wildman–Crippen LogP) is 3.34. The monoisotopic (exact) mass is 278 g/mol. The SMILES string of the molecule is C[C@@H](F)CCCOC(=O)c1ccc(Br)o1. The van der Waals surface area contributed by atoms with Crippen LogP contribution in [0.3, 0.4) is 0 Å². The van der Waals surface area contributed by atoms with Crippen LogP contribution < -0.4 is 0 Å². The van der Waals surface area contributed by atoms with E-state index < -0.39 is 12.1 Å². The van der Waals surface area contributed by atoms with Crippen LogP contribution in [0.2, 0.25) is 0 Å². The van der Waals surface area contributed by atoms with Crippen molar-refractivity contribution in [3.8, 4) is 0 Å². The number of ether oxygens (including phenoxy) is 1. The average Bonchev–Trinajstić information content (AvgIpc) is 2.59. The fraction of sp³-hybridized carbons (Fsp3) is 0.500. The van der Waals surface area contributed by atoms with Gasteiger partial charge in [0.1, 0.15) is 0 Å². The van der Waals surface area contributed by atoms with E-state index in [-0.39, 0.29) is 12.4 Å². The van der Waals surface area contributed by atoms with Crippen molar-refractivity contribution in [1.29, 1.82) is 0 Å². The Morgan fingerprint density at radius 2 is 2.40 bits per heavy atom. The summed E-state index contributed by atoms with van der Waals surface area (Å²) in [4.78, 5) is 11.3. The minimum absolute atomic E-state index is 0.148. The van der Waals surface area contributed by atoms with Crippen molar-refractivity contribution in [3.63, 3.8) is 0 Å². The van der Waals surface area contributed by atoms with Crippen molar-refractivity contribution in [1.82, 2.24) is 0 Å². The molecule has 0 saturated carbocycles. The normalized spacial score (nSPS) is 12.5. The van der Waals surface area contributed by atoms with Gasteiger partial charge in [-0.3, -0.25) is 0 Å². The molecule has 1 rings (SSSR count). The number of hydrogen-bond donors (Lipinski definition) is 0. The maximum absolute atomic E-state index is 12.4. The van der Waals surface area contributed by atoms with Crippen LogP contribution >= 0.6 is 15.9 Å². The molecule has 0 N–H and O–H groups in total. The second-order valence-corrected chi connectivity index (χ2v) is 3.94. The van der Waals surface area contributed by atoms with Crippen LogP contribution in [-0.4, -0.2) is 18.7 Å². The van der Waals surface area contributed by atoms with E-state index in [1.165, 1.54) is 13.0 Å². The Morgan fingerprint density at radius 1 is 1.67 bits per heavy atom. The lowest BCUT2D eigenvalue weighted by Crippen LogP contribution is -2.06. The van der Waals surface area contributed by atoms with Gasteiger partial charge in [-0.05, 0) is 47.8 Å².